The highest BCUT2D eigenvalue weighted by Gasteiger charge is 2.13. The third kappa shape index (κ3) is 8.03. The summed E-state index contributed by atoms with van der Waals surface area (Å²) in [7, 11) is -0.468. The molecule has 0 fully saturated rings. The Labute approximate surface area is 155 Å². The Morgan fingerprint density at radius 2 is 1.81 bits per heavy atom. The van der Waals surface area contributed by atoms with E-state index < -0.39 is 10.0 Å². The third-order valence-corrected chi connectivity index (χ3v) is 4.78. The average molecular weight is 388 g/mol. The summed E-state index contributed by atoms with van der Waals surface area (Å²) >= 11 is 0. The van der Waals surface area contributed by atoms with E-state index in [0.717, 1.165) is 0 Å². The first-order valence-corrected chi connectivity index (χ1v) is 10.0. The van der Waals surface area contributed by atoms with Crippen molar-refractivity contribution in [3.8, 4) is 11.5 Å². The number of amides is 1. The summed E-state index contributed by atoms with van der Waals surface area (Å²) in [5.41, 5.74) is 0.360. The van der Waals surface area contributed by atoms with Gasteiger partial charge >= 0.3 is 0 Å². The van der Waals surface area contributed by atoms with Crippen LogP contribution in [-0.2, 0) is 14.8 Å². The number of hydrogen-bond acceptors (Lipinski definition) is 6. The lowest BCUT2D eigenvalue weighted by Gasteiger charge is -2.11. The van der Waals surface area contributed by atoms with Crippen LogP contribution in [0.2, 0.25) is 0 Å². The van der Waals surface area contributed by atoms with Crippen LogP contribution in [0.5, 0.6) is 11.5 Å². The van der Waals surface area contributed by atoms with Crippen molar-refractivity contribution >= 4 is 15.9 Å². The lowest BCUT2D eigenvalue weighted by molar-refractivity contribution is 0.0778. The Kier molecular flexibility index (Phi) is 9.39. The summed E-state index contributed by atoms with van der Waals surface area (Å²) in [6, 6.07) is 4.74. The Hall–Kier alpha value is -1.84. The van der Waals surface area contributed by atoms with E-state index >= 15 is 0 Å². The zero-order chi connectivity index (χ0) is 19.6. The minimum Gasteiger partial charge on any atom is -0.493 e. The molecule has 0 atom stereocenters. The van der Waals surface area contributed by atoms with E-state index in [9.17, 15) is 13.2 Å². The van der Waals surface area contributed by atoms with Crippen LogP contribution >= 0.6 is 0 Å². The molecule has 0 saturated carbocycles. The molecule has 1 aromatic rings. The number of rotatable bonds is 12. The zero-order valence-electron chi connectivity index (χ0n) is 15.7. The molecule has 0 radical (unpaired) electrons. The van der Waals surface area contributed by atoms with Crippen molar-refractivity contribution in [3.05, 3.63) is 23.8 Å². The smallest absolute Gasteiger partial charge is 0.251 e. The first-order chi connectivity index (χ1) is 12.3. The largest absolute Gasteiger partial charge is 0.493 e. The summed E-state index contributed by atoms with van der Waals surface area (Å²) < 4.78 is 41.9. The minimum atomic E-state index is -3.45. The molecule has 1 rings (SSSR count). The second-order valence-electron chi connectivity index (χ2n) is 5.81. The van der Waals surface area contributed by atoms with Crippen LogP contribution in [0, 0.1) is 0 Å². The Morgan fingerprint density at radius 1 is 1.12 bits per heavy atom. The van der Waals surface area contributed by atoms with Gasteiger partial charge in [-0.15, -0.1) is 0 Å². The molecule has 1 aromatic carbocycles. The Bertz CT molecular complexity index is 676. The fourth-order valence-electron chi connectivity index (χ4n) is 2.07. The number of hydrogen-bond donors (Lipinski definition) is 2. The van der Waals surface area contributed by atoms with Gasteiger partial charge in [0.05, 0.1) is 26.1 Å². The second kappa shape index (κ2) is 11.0. The van der Waals surface area contributed by atoms with Crippen LogP contribution in [0.3, 0.4) is 0 Å². The lowest BCUT2D eigenvalue weighted by atomic mass is 10.2. The van der Waals surface area contributed by atoms with Crippen molar-refractivity contribution in [2.24, 2.45) is 0 Å². The highest BCUT2D eigenvalue weighted by Crippen LogP contribution is 2.27. The summed E-state index contributed by atoms with van der Waals surface area (Å²) in [6.45, 7) is 4.65. The molecule has 0 aliphatic carbocycles. The monoisotopic (exact) mass is 388 g/mol. The van der Waals surface area contributed by atoms with Crippen LogP contribution in [0.4, 0.5) is 0 Å². The van der Waals surface area contributed by atoms with Crippen LogP contribution in [0.1, 0.15) is 30.6 Å². The average Bonchev–Trinajstić information content (AvgIpc) is 2.60. The van der Waals surface area contributed by atoms with E-state index in [1.54, 1.807) is 12.1 Å². The number of ether oxygens (including phenoxy) is 3. The van der Waals surface area contributed by atoms with E-state index in [2.05, 4.69) is 10.0 Å². The first-order valence-electron chi connectivity index (χ1n) is 8.38. The van der Waals surface area contributed by atoms with Crippen molar-refractivity contribution in [2.75, 3.05) is 39.7 Å². The summed E-state index contributed by atoms with van der Waals surface area (Å²) in [4.78, 5) is 12.1. The zero-order valence-corrected chi connectivity index (χ0v) is 16.5. The number of benzene rings is 1. The van der Waals surface area contributed by atoms with E-state index in [1.807, 2.05) is 13.8 Å². The van der Waals surface area contributed by atoms with Gasteiger partial charge in [-0.05, 0) is 38.5 Å². The van der Waals surface area contributed by atoms with Crippen molar-refractivity contribution in [1.82, 2.24) is 10.0 Å². The Morgan fingerprint density at radius 3 is 2.42 bits per heavy atom. The van der Waals surface area contributed by atoms with Gasteiger partial charge in [-0.2, -0.15) is 0 Å². The van der Waals surface area contributed by atoms with Gasteiger partial charge in [-0.3, -0.25) is 4.79 Å². The van der Waals surface area contributed by atoms with Crippen molar-refractivity contribution in [2.45, 2.75) is 26.4 Å². The van der Waals surface area contributed by atoms with Crippen LogP contribution in [0.15, 0.2) is 18.2 Å². The number of nitrogens with one attached hydrogen (secondary N) is 2. The van der Waals surface area contributed by atoms with Crippen molar-refractivity contribution in [3.63, 3.8) is 0 Å². The van der Waals surface area contributed by atoms with Gasteiger partial charge in [-0.1, -0.05) is 0 Å². The second-order valence-corrected chi connectivity index (χ2v) is 7.74. The van der Waals surface area contributed by atoms with Crippen molar-refractivity contribution < 1.29 is 27.4 Å². The molecular weight excluding hydrogens is 360 g/mol. The molecule has 0 saturated heterocycles. The first kappa shape index (κ1) is 22.2. The molecule has 0 unspecified atom stereocenters. The van der Waals surface area contributed by atoms with Gasteiger partial charge in [0.15, 0.2) is 11.5 Å². The molecule has 148 valence electrons. The molecule has 0 bridgehead atoms. The van der Waals surface area contributed by atoms with Gasteiger partial charge < -0.3 is 19.5 Å². The standard InChI is InChI=1S/C17H28N2O6S/c1-13(2)25-10-5-8-19-26(21,22)11-9-18-17(20)14-6-7-15(23-3)16(12-14)24-4/h6-7,12-13,19H,5,8-11H2,1-4H3,(H,18,20). The number of carbonyl (C=O) groups excluding carboxylic acids is 1. The molecule has 2 N–H and O–H groups in total. The highest BCUT2D eigenvalue weighted by atomic mass is 32.2. The fraction of sp³-hybridized carbons (Fsp3) is 0.588. The van der Waals surface area contributed by atoms with E-state index in [1.165, 1.54) is 20.3 Å². The normalized spacial score (nSPS) is 11.4. The summed E-state index contributed by atoms with van der Waals surface area (Å²) in [6.07, 6.45) is 0.716. The molecular formula is C17H28N2O6S. The molecule has 0 aliphatic rings. The van der Waals surface area contributed by atoms with Crippen molar-refractivity contribution in [1.29, 1.82) is 0 Å². The molecule has 1 amide bonds. The summed E-state index contributed by atoms with van der Waals surface area (Å²) in [5.74, 6) is 0.360. The number of sulfonamides is 1. The Balaban J connectivity index is 2.40. The predicted molar refractivity (Wildman–Crippen MR) is 99.4 cm³/mol. The maximum atomic E-state index is 12.1. The van der Waals surface area contributed by atoms with Crippen LogP contribution in [0.25, 0.3) is 0 Å². The maximum Gasteiger partial charge on any atom is 0.251 e. The topological polar surface area (TPSA) is 103 Å². The molecule has 0 aliphatic heterocycles. The lowest BCUT2D eigenvalue weighted by Crippen LogP contribution is -2.35. The predicted octanol–water partition coefficient (Wildman–Crippen LogP) is 1.17. The van der Waals surface area contributed by atoms with Gasteiger partial charge in [0.2, 0.25) is 10.0 Å². The molecule has 0 spiro atoms. The molecule has 9 heteroatoms. The van der Waals surface area contributed by atoms with E-state index in [4.69, 9.17) is 14.2 Å². The number of methoxy groups -OCH3 is 2. The van der Waals surface area contributed by atoms with Crippen LogP contribution in [-0.4, -0.2) is 60.1 Å². The van der Waals surface area contributed by atoms with Crippen LogP contribution < -0.4 is 19.5 Å². The molecule has 0 heterocycles. The number of carbonyl (C=O) groups is 1. The molecule has 26 heavy (non-hydrogen) atoms. The highest BCUT2D eigenvalue weighted by molar-refractivity contribution is 7.89. The minimum absolute atomic E-state index is 0.00497. The van der Waals surface area contributed by atoms with E-state index in [0.29, 0.717) is 36.6 Å². The van der Waals surface area contributed by atoms with Gasteiger partial charge in [0.25, 0.3) is 5.91 Å². The van der Waals surface area contributed by atoms with Gasteiger partial charge in [0, 0.05) is 25.3 Å². The molecule has 8 nitrogen and oxygen atoms in total. The fourth-order valence-corrected chi connectivity index (χ4v) is 3.04. The SMILES string of the molecule is COc1ccc(C(=O)NCCS(=O)(=O)NCCCOC(C)C)cc1OC. The summed E-state index contributed by atoms with van der Waals surface area (Å²) in [5, 5.41) is 2.58. The third-order valence-electron chi connectivity index (χ3n) is 3.40. The molecule has 0 aromatic heterocycles. The van der Waals surface area contributed by atoms with Gasteiger partial charge in [-0.25, -0.2) is 13.1 Å². The van der Waals surface area contributed by atoms with Gasteiger partial charge in [0.1, 0.15) is 0 Å². The quantitative estimate of drug-likeness (QED) is 0.521. The maximum absolute atomic E-state index is 12.1. The van der Waals surface area contributed by atoms with E-state index in [-0.39, 0.29) is 24.3 Å².